The van der Waals surface area contributed by atoms with Gasteiger partial charge in [0.1, 0.15) is 6.29 Å². The average Bonchev–Trinajstić information content (AvgIpc) is 2.47. The molecule has 0 aliphatic rings. The van der Waals surface area contributed by atoms with Gasteiger partial charge in [-0.3, -0.25) is 14.8 Å². The topological polar surface area (TPSA) is 42.9 Å². The Hall–Kier alpha value is -2.55. The van der Waals surface area contributed by atoms with E-state index in [1.54, 1.807) is 18.5 Å². The Bertz CT molecular complexity index is 708. The molecule has 0 aliphatic carbocycles. The minimum atomic E-state index is 0.646. The number of carbonyl (C=O) groups is 1. The van der Waals surface area contributed by atoms with Crippen molar-refractivity contribution in [2.24, 2.45) is 0 Å². The number of rotatable bonds is 2. The second-order valence-corrected chi connectivity index (χ2v) is 3.97. The van der Waals surface area contributed by atoms with E-state index in [4.69, 9.17) is 0 Å². The normalized spacial score (nSPS) is 10.4. The van der Waals surface area contributed by atoms with E-state index in [-0.39, 0.29) is 0 Å². The van der Waals surface area contributed by atoms with Gasteiger partial charge in [0.05, 0.1) is 11.2 Å². The summed E-state index contributed by atoms with van der Waals surface area (Å²) >= 11 is 0. The van der Waals surface area contributed by atoms with E-state index in [0.717, 1.165) is 28.4 Å². The van der Waals surface area contributed by atoms with Crippen LogP contribution in [0.15, 0.2) is 54.9 Å². The monoisotopic (exact) mass is 234 g/mol. The van der Waals surface area contributed by atoms with Crippen molar-refractivity contribution in [3.8, 4) is 11.3 Å². The van der Waals surface area contributed by atoms with E-state index in [0.29, 0.717) is 5.56 Å². The summed E-state index contributed by atoms with van der Waals surface area (Å²) in [5, 5.41) is 0.945. The van der Waals surface area contributed by atoms with Gasteiger partial charge in [0.25, 0.3) is 0 Å². The minimum Gasteiger partial charge on any atom is -0.298 e. The predicted octanol–water partition coefficient (Wildman–Crippen LogP) is 3.11. The van der Waals surface area contributed by atoms with E-state index >= 15 is 0 Å². The number of hydrogen-bond acceptors (Lipinski definition) is 3. The van der Waals surface area contributed by atoms with Crippen molar-refractivity contribution in [3.63, 3.8) is 0 Å². The molecule has 3 aromatic rings. The van der Waals surface area contributed by atoms with Crippen LogP contribution in [0.1, 0.15) is 10.4 Å². The lowest BCUT2D eigenvalue weighted by Gasteiger charge is -2.05. The quantitative estimate of drug-likeness (QED) is 0.640. The number of carbonyl (C=O) groups excluding carboxylic acids is 1. The fourth-order valence-corrected chi connectivity index (χ4v) is 1.98. The van der Waals surface area contributed by atoms with Gasteiger partial charge in [0, 0.05) is 28.9 Å². The molecule has 0 unspecified atom stereocenters. The maximum absolute atomic E-state index is 10.9. The molecule has 0 saturated heterocycles. The number of aldehydes is 1. The fourth-order valence-electron chi connectivity index (χ4n) is 1.98. The smallest absolute Gasteiger partial charge is 0.150 e. The maximum Gasteiger partial charge on any atom is 0.150 e. The van der Waals surface area contributed by atoms with Gasteiger partial charge < -0.3 is 0 Å². The first-order chi connectivity index (χ1) is 8.88. The number of fused-ring (bicyclic) bond motifs is 1. The van der Waals surface area contributed by atoms with Gasteiger partial charge in [-0.2, -0.15) is 0 Å². The van der Waals surface area contributed by atoms with Crippen molar-refractivity contribution in [3.05, 3.63) is 60.4 Å². The van der Waals surface area contributed by atoms with Gasteiger partial charge >= 0.3 is 0 Å². The minimum absolute atomic E-state index is 0.646. The molecule has 3 heteroatoms. The van der Waals surface area contributed by atoms with Crippen LogP contribution in [0.4, 0.5) is 0 Å². The number of nitrogens with zero attached hydrogens (tertiary/aromatic N) is 2. The molecule has 2 heterocycles. The van der Waals surface area contributed by atoms with Gasteiger partial charge in [-0.1, -0.05) is 6.07 Å². The lowest BCUT2D eigenvalue weighted by atomic mass is 10.0. The molecule has 18 heavy (non-hydrogen) atoms. The lowest BCUT2D eigenvalue weighted by Crippen LogP contribution is -1.88. The third-order valence-electron chi connectivity index (χ3n) is 2.84. The van der Waals surface area contributed by atoms with Crippen molar-refractivity contribution in [2.45, 2.75) is 0 Å². The molecule has 0 bridgehead atoms. The predicted molar refractivity (Wildman–Crippen MR) is 70.4 cm³/mol. The number of aromatic nitrogens is 2. The molecular formula is C15H10N2O. The zero-order chi connectivity index (χ0) is 12.4. The fraction of sp³-hybridized carbons (Fsp3) is 0. The maximum atomic E-state index is 10.9. The summed E-state index contributed by atoms with van der Waals surface area (Å²) < 4.78 is 0. The summed E-state index contributed by atoms with van der Waals surface area (Å²) in [6.07, 6.45) is 4.35. The van der Waals surface area contributed by atoms with E-state index in [2.05, 4.69) is 9.97 Å². The van der Waals surface area contributed by atoms with Gasteiger partial charge in [-0.25, -0.2) is 0 Å². The average molecular weight is 234 g/mol. The molecule has 0 spiro atoms. The zero-order valence-corrected chi connectivity index (χ0v) is 9.58. The molecule has 0 saturated carbocycles. The molecule has 1 aromatic carbocycles. The number of benzene rings is 1. The van der Waals surface area contributed by atoms with Crippen LogP contribution in [-0.2, 0) is 0 Å². The lowest BCUT2D eigenvalue weighted by molar-refractivity contribution is 0.112. The van der Waals surface area contributed by atoms with Crippen LogP contribution in [0.3, 0.4) is 0 Å². The van der Waals surface area contributed by atoms with E-state index < -0.39 is 0 Å². The Kier molecular flexibility index (Phi) is 2.57. The molecule has 0 amide bonds. The molecule has 0 N–H and O–H groups in total. The highest BCUT2D eigenvalue weighted by molar-refractivity contribution is 5.96. The van der Waals surface area contributed by atoms with Crippen LogP contribution < -0.4 is 0 Å². The molecule has 86 valence electrons. The largest absolute Gasteiger partial charge is 0.298 e. The summed E-state index contributed by atoms with van der Waals surface area (Å²) in [6, 6.07) is 13.2. The molecule has 0 fully saturated rings. The number of hydrogen-bond donors (Lipinski definition) is 0. The number of pyridine rings is 2. The van der Waals surface area contributed by atoms with E-state index in [1.807, 2.05) is 36.4 Å². The molecule has 3 rings (SSSR count). The van der Waals surface area contributed by atoms with Crippen LogP contribution >= 0.6 is 0 Å². The van der Waals surface area contributed by atoms with Gasteiger partial charge in [0.15, 0.2) is 0 Å². The summed E-state index contributed by atoms with van der Waals surface area (Å²) in [4.78, 5) is 19.5. The summed E-state index contributed by atoms with van der Waals surface area (Å²) in [6.45, 7) is 0. The van der Waals surface area contributed by atoms with Crippen LogP contribution in [0.25, 0.3) is 22.2 Å². The molecular weight excluding hydrogens is 224 g/mol. The Balaban J connectivity index is 2.32. The standard InChI is InChI=1S/C15H10N2O/c18-10-11-4-5-15-13(9-11)12(6-8-17-15)14-3-1-2-7-16-14/h1-10H. The highest BCUT2D eigenvalue weighted by Gasteiger charge is 2.05. The Morgan fingerprint density at radius 3 is 2.67 bits per heavy atom. The van der Waals surface area contributed by atoms with Crippen molar-refractivity contribution in [1.29, 1.82) is 0 Å². The van der Waals surface area contributed by atoms with E-state index in [1.165, 1.54) is 0 Å². The molecule has 3 nitrogen and oxygen atoms in total. The van der Waals surface area contributed by atoms with E-state index in [9.17, 15) is 4.79 Å². The summed E-state index contributed by atoms with van der Waals surface area (Å²) in [5.41, 5.74) is 3.38. The Labute approximate surface area is 104 Å². The second kappa shape index (κ2) is 4.37. The zero-order valence-electron chi connectivity index (χ0n) is 9.58. The van der Waals surface area contributed by atoms with Gasteiger partial charge in [0.2, 0.25) is 0 Å². The molecule has 2 aromatic heterocycles. The highest BCUT2D eigenvalue weighted by atomic mass is 16.1. The SMILES string of the molecule is O=Cc1ccc2nccc(-c3ccccn3)c2c1. The first-order valence-electron chi connectivity index (χ1n) is 5.64. The van der Waals surface area contributed by atoms with Crippen LogP contribution in [0, 0.1) is 0 Å². The molecule has 0 aliphatic heterocycles. The Morgan fingerprint density at radius 1 is 0.944 bits per heavy atom. The summed E-state index contributed by atoms with van der Waals surface area (Å²) in [5.74, 6) is 0. The highest BCUT2D eigenvalue weighted by Crippen LogP contribution is 2.26. The summed E-state index contributed by atoms with van der Waals surface area (Å²) in [7, 11) is 0. The molecule has 0 atom stereocenters. The van der Waals surface area contributed by atoms with Crippen LogP contribution in [0.2, 0.25) is 0 Å². The van der Waals surface area contributed by atoms with Crippen molar-refractivity contribution >= 4 is 17.2 Å². The van der Waals surface area contributed by atoms with Crippen LogP contribution in [0.5, 0.6) is 0 Å². The molecule has 0 radical (unpaired) electrons. The Morgan fingerprint density at radius 2 is 1.89 bits per heavy atom. The third-order valence-corrected chi connectivity index (χ3v) is 2.84. The third kappa shape index (κ3) is 1.76. The van der Waals surface area contributed by atoms with Crippen LogP contribution in [-0.4, -0.2) is 16.3 Å². The van der Waals surface area contributed by atoms with Crippen molar-refractivity contribution in [1.82, 2.24) is 9.97 Å². The van der Waals surface area contributed by atoms with Gasteiger partial charge in [-0.15, -0.1) is 0 Å². The van der Waals surface area contributed by atoms with Crippen molar-refractivity contribution in [2.75, 3.05) is 0 Å². The van der Waals surface area contributed by atoms with Crippen molar-refractivity contribution < 1.29 is 4.79 Å². The first-order valence-corrected chi connectivity index (χ1v) is 5.64. The first kappa shape index (κ1) is 10.6. The second-order valence-electron chi connectivity index (χ2n) is 3.97. The van der Waals surface area contributed by atoms with Gasteiger partial charge in [-0.05, 0) is 36.4 Å².